The van der Waals surface area contributed by atoms with Gasteiger partial charge in [-0.3, -0.25) is 4.79 Å². The fraction of sp³-hybridized carbons (Fsp3) is 0.500. The fourth-order valence-corrected chi connectivity index (χ4v) is 2.40. The highest BCUT2D eigenvalue weighted by Crippen LogP contribution is 2.33. The van der Waals surface area contributed by atoms with Gasteiger partial charge in [-0.15, -0.1) is 0 Å². The minimum absolute atomic E-state index is 0.0174. The number of benzene rings is 1. The number of alkyl halides is 3. The van der Waals surface area contributed by atoms with Crippen LogP contribution in [0.15, 0.2) is 18.2 Å². The van der Waals surface area contributed by atoms with Crippen LogP contribution in [0.5, 0.6) is 0 Å². The second-order valence-electron chi connectivity index (χ2n) is 5.12. The number of likely N-dealkylation sites (tertiary alicyclic amines) is 1. The van der Waals surface area contributed by atoms with Crippen molar-refractivity contribution in [2.24, 2.45) is 5.92 Å². The van der Waals surface area contributed by atoms with Crippen LogP contribution in [0.3, 0.4) is 0 Å². The van der Waals surface area contributed by atoms with Crippen molar-refractivity contribution >= 4 is 5.91 Å². The summed E-state index contributed by atoms with van der Waals surface area (Å²) in [6.07, 6.45) is -4.02. The number of amides is 1. The van der Waals surface area contributed by atoms with Crippen LogP contribution in [-0.2, 0) is 0 Å². The molecule has 1 aromatic carbocycles. The van der Waals surface area contributed by atoms with Crippen molar-refractivity contribution in [1.29, 1.82) is 0 Å². The van der Waals surface area contributed by atoms with E-state index in [-0.39, 0.29) is 24.9 Å². The Kier molecular flexibility index (Phi) is 4.01. The first-order chi connectivity index (χ1) is 9.29. The molecule has 110 valence electrons. The van der Waals surface area contributed by atoms with E-state index in [0.29, 0.717) is 5.56 Å². The van der Waals surface area contributed by atoms with Crippen LogP contribution < -0.4 is 0 Å². The lowest BCUT2D eigenvalue weighted by atomic mass is 9.96. The van der Waals surface area contributed by atoms with E-state index in [2.05, 4.69) is 0 Å². The molecule has 1 unspecified atom stereocenters. The van der Waals surface area contributed by atoms with Gasteiger partial charge in [-0.2, -0.15) is 13.2 Å². The summed E-state index contributed by atoms with van der Waals surface area (Å²) in [7, 11) is 0. The number of hydrogen-bond acceptors (Lipinski definition) is 1. The third-order valence-corrected chi connectivity index (χ3v) is 3.52. The molecule has 1 fully saturated rings. The van der Waals surface area contributed by atoms with E-state index >= 15 is 0 Å². The van der Waals surface area contributed by atoms with Gasteiger partial charge in [-0.1, -0.05) is 11.6 Å². The highest BCUT2D eigenvalue weighted by molar-refractivity contribution is 5.94. The van der Waals surface area contributed by atoms with Crippen LogP contribution in [-0.4, -0.2) is 30.1 Å². The first kappa shape index (κ1) is 14.8. The maximum absolute atomic E-state index is 13.6. The van der Waals surface area contributed by atoms with Gasteiger partial charge in [0.2, 0.25) is 0 Å². The molecule has 1 aliphatic heterocycles. The number of carbonyl (C=O) groups excluding carboxylic acids is 1. The molecule has 20 heavy (non-hydrogen) atoms. The minimum Gasteiger partial charge on any atom is -0.338 e. The molecule has 0 radical (unpaired) electrons. The number of aryl methyl sites for hydroxylation is 1. The fourth-order valence-electron chi connectivity index (χ4n) is 2.40. The molecule has 1 atom stereocenters. The smallest absolute Gasteiger partial charge is 0.338 e. The Morgan fingerprint density at radius 1 is 1.35 bits per heavy atom. The predicted molar refractivity (Wildman–Crippen MR) is 65.8 cm³/mol. The van der Waals surface area contributed by atoms with E-state index in [0.717, 1.165) is 11.0 Å². The molecule has 0 saturated carbocycles. The van der Waals surface area contributed by atoms with E-state index in [1.165, 1.54) is 12.1 Å². The van der Waals surface area contributed by atoms with Crippen molar-refractivity contribution in [3.05, 3.63) is 35.1 Å². The van der Waals surface area contributed by atoms with Crippen LogP contribution in [0.2, 0.25) is 0 Å². The number of halogens is 4. The average Bonchev–Trinajstić information content (AvgIpc) is 2.40. The zero-order valence-electron chi connectivity index (χ0n) is 11.0. The Morgan fingerprint density at radius 3 is 2.70 bits per heavy atom. The Bertz CT molecular complexity index is 512. The molecule has 6 heteroatoms. The van der Waals surface area contributed by atoms with Crippen molar-refractivity contribution in [3.63, 3.8) is 0 Å². The SMILES string of the molecule is Cc1ccc(F)c(C(=O)N2CCCC(C(F)(F)F)C2)c1. The van der Waals surface area contributed by atoms with Gasteiger partial charge >= 0.3 is 6.18 Å². The summed E-state index contributed by atoms with van der Waals surface area (Å²) < 4.78 is 51.8. The second-order valence-corrected chi connectivity index (χ2v) is 5.12. The largest absolute Gasteiger partial charge is 0.393 e. The summed E-state index contributed by atoms with van der Waals surface area (Å²) in [6, 6.07) is 4.05. The molecule has 0 bridgehead atoms. The molecular weight excluding hydrogens is 274 g/mol. The van der Waals surface area contributed by atoms with E-state index in [1.54, 1.807) is 6.92 Å². The van der Waals surface area contributed by atoms with Crippen molar-refractivity contribution in [3.8, 4) is 0 Å². The highest BCUT2D eigenvalue weighted by Gasteiger charge is 2.42. The maximum Gasteiger partial charge on any atom is 0.393 e. The zero-order chi connectivity index (χ0) is 14.9. The van der Waals surface area contributed by atoms with E-state index in [4.69, 9.17) is 0 Å². The lowest BCUT2D eigenvalue weighted by Crippen LogP contribution is -2.44. The van der Waals surface area contributed by atoms with Crippen molar-refractivity contribution < 1.29 is 22.4 Å². The zero-order valence-corrected chi connectivity index (χ0v) is 11.0. The summed E-state index contributed by atoms with van der Waals surface area (Å²) in [5, 5.41) is 0. The highest BCUT2D eigenvalue weighted by atomic mass is 19.4. The topological polar surface area (TPSA) is 20.3 Å². The number of carbonyl (C=O) groups is 1. The third kappa shape index (κ3) is 3.11. The first-order valence-electron chi connectivity index (χ1n) is 6.41. The molecule has 1 aromatic rings. The van der Waals surface area contributed by atoms with E-state index in [9.17, 15) is 22.4 Å². The Balaban J connectivity index is 2.18. The molecule has 1 heterocycles. The van der Waals surface area contributed by atoms with Crippen molar-refractivity contribution in [2.45, 2.75) is 25.9 Å². The standard InChI is InChI=1S/C14H15F4NO/c1-9-4-5-12(15)11(7-9)13(20)19-6-2-3-10(8-19)14(16,17)18/h4-5,7,10H,2-3,6,8H2,1H3. The summed E-state index contributed by atoms with van der Waals surface area (Å²) in [4.78, 5) is 13.3. The second kappa shape index (κ2) is 5.42. The number of hydrogen-bond donors (Lipinski definition) is 0. The molecule has 1 aliphatic rings. The van der Waals surface area contributed by atoms with Crippen LogP contribution in [0.25, 0.3) is 0 Å². The van der Waals surface area contributed by atoms with Gasteiger partial charge in [0.1, 0.15) is 5.82 Å². The van der Waals surface area contributed by atoms with Gasteiger partial charge in [0.05, 0.1) is 11.5 Å². The third-order valence-electron chi connectivity index (χ3n) is 3.52. The van der Waals surface area contributed by atoms with Gasteiger partial charge in [0, 0.05) is 13.1 Å². The average molecular weight is 289 g/mol. The summed E-state index contributed by atoms with van der Waals surface area (Å²) in [5.74, 6) is -2.89. The van der Waals surface area contributed by atoms with Gasteiger partial charge in [-0.05, 0) is 31.9 Å². The van der Waals surface area contributed by atoms with E-state index < -0.39 is 30.4 Å². The number of rotatable bonds is 1. The first-order valence-corrected chi connectivity index (χ1v) is 6.41. The number of piperidine rings is 1. The van der Waals surface area contributed by atoms with Crippen LogP contribution in [0.4, 0.5) is 17.6 Å². The Morgan fingerprint density at radius 2 is 2.05 bits per heavy atom. The quantitative estimate of drug-likeness (QED) is 0.724. The van der Waals surface area contributed by atoms with Crippen molar-refractivity contribution in [1.82, 2.24) is 4.90 Å². The predicted octanol–water partition coefficient (Wildman–Crippen LogP) is 3.55. The molecule has 2 nitrogen and oxygen atoms in total. The van der Waals surface area contributed by atoms with Gasteiger partial charge in [0.25, 0.3) is 5.91 Å². The van der Waals surface area contributed by atoms with Gasteiger partial charge in [0.15, 0.2) is 0 Å². The molecule has 0 aromatic heterocycles. The normalized spacial score (nSPS) is 20.1. The maximum atomic E-state index is 13.6. The summed E-state index contributed by atoms with van der Waals surface area (Å²) >= 11 is 0. The number of nitrogens with zero attached hydrogens (tertiary/aromatic N) is 1. The lowest BCUT2D eigenvalue weighted by molar-refractivity contribution is -0.184. The Hall–Kier alpha value is -1.59. The lowest BCUT2D eigenvalue weighted by Gasteiger charge is -2.33. The molecule has 1 saturated heterocycles. The monoisotopic (exact) mass is 289 g/mol. The van der Waals surface area contributed by atoms with E-state index in [1.807, 2.05) is 0 Å². The molecule has 2 rings (SSSR count). The van der Waals surface area contributed by atoms with Crippen LogP contribution in [0, 0.1) is 18.7 Å². The molecule has 0 N–H and O–H groups in total. The van der Waals surface area contributed by atoms with Crippen molar-refractivity contribution in [2.75, 3.05) is 13.1 Å². The Labute approximate surface area is 114 Å². The molecule has 1 amide bonds. The molecule has 0 aliphatic carbocycles. The summed E-state index contributed by atoms with van der Waals surface area (Å²) in [5.41, 5.74) is 0.534. The van der Waals surface area contributed by atoms with Gasteiger partial charge < -0.3 is 4.90 Å². The summed E-state index contributed by atoms with van der Waals surface area (Å²) in [6.45, 7) is 1.54. The van der Waals surface area contributed by atoms with Crippen LogP contribution in [0.1, 0.15) is 28.8 Å². The molecule has 0 spiro atoms. The minimum atomic E-state index is -4.32. The van der Waals surface area contributed by atoms with Crippen LogP contribution >= 0.6 is 0 Å². The molecular formula is C14H15F4NO. The van der Waals surface area contributed by atoms with Gasteiger partial charge in [-0.25, -0.2) is 4.39 Å².